The van der Waals surface area contributed by atoms with Crippen LogP contribution >= 0.6 is 0 Å². The molecule has 0 aliphatic carbocycles. The third kappa shape index (κ3) is 2.68. The number of hydrogen-bond donors (Lipinski definition) is 1. The van der Waals surface area contributed by atoms with Crippen molar-refractivity contribution in [2.75, 3.05) is 13.1 Å². The molecule has 4 heteroatoms. The Morgan fingerprint density at radius 3 is 3.12 bits per heavy atom. The standard InChI is InChI=1S/C13H22FN3/c1-3-7-17-10-12(9-16-17)13(2,14)11-5-4-6-15-8-11/h9-11,15H,3-8H2,1-2H3. The van der Waals surface area contributed by atoms with Crippen LogP contribution in [0.25, 0.3) is 0 Å². The summed E-state index contributed by atoms with van der Waals surface area (Å²) in [6.45, 7) is 6.44. The second kappa shape index (κ2) is 5.17. The number of nitrogens with one attached hydrogen (secondary N) is 1. The topological polar surface area (TPSA) is 29.9 Å². The number of aryl methyl sites for hydroxylation is 1. The maximum Gasteiger partial charge on any atom is 0.140 e. The van der Waals surface area contributed by atoms with Gasteiger partial charge in [0.2, 0.25) is 0 Å². The number of piperidine rings is 1. The Hall–Kier alpha value is -0.900. The van der Waals surface area contributed by atoms with Gasteiger partial charge < -0.3 is 5.32 Å². The zero-order valence-electron chi connectivity index (χ0n) is 10.7. The van der Waals surface area contributed by atoms with E-state index in [0.29, 0.717) is 0 Å². The van der Waals surface area contributed by atoms with E-state index in [2.05, 4.69) is 17.3 Å². The number of rotatable bonds is 4. The summed E-state index contributed by atoms with van der Waals surface area (Å²) in [6.07, 6.45) is 6.59. The second-order valence-electron chi connectivity index (χ2n) is 5.11. The molecule has 0 saturated carbocycles. The van der Waals surface area contributed by atoms with Crippen molar-refractivity contribution in [3.8, 4) is 0 Å². The Labute approximate surface area is 102 Å². The highest BCUT2D eigenvalue weighted by Crippen LogP contribution is 2.37. The molecule has 1 aliphatic heterocycles. The van der Waals surface area contributed by atoms with Gasteiger partial charge in [-0.15, -0.1) is 0 Å². The van der Waals surface area contributed by atoms with Gasteiger partial charge in [0.1, 0.15) is 5.67 Å². The summed E-state index contributed by atoms with van der Waals surface area (Å²) in [7, 11) is 0. The highest BCUT2D eigenvalue weighted by atomic mass is 19.1. The first-order chi connectivity index (χ1) is 8.14. The molecule has 1 saturated heterocycles. The zero-order chi connectivity index (χ0) is 12.3. The van der Waals surface area contributed by atoms with Crippen LogP contribution < -0.4 is 5.32 Å². The third-order valence-electron chi connectivity index (χ3n) is 3.71. The number of nitrogens with zero attached hydrogens (tertiary/aromatic N) is 2. The van der Waals surface area contributed by atoms with Gasteiger partial charge in [-0.1, -0.05) is 6.92 Å². The molecular formula is C13H22FN3. The quantitative estimate of drug-likeness (QED) is 0.874. The van der Waals surface area contributed by atoms with Crippen molar-refractivity contribution in [1.29, 1.82) is 0 Å². The normalized spacial score (nSPS) is 24.5. The van der Waals surface area contributed by atoms with Crippen LogP contribution in [-0.4, -0.2) is 22.9 Å². The lowest BCUT2D eigenvalue weighted by molar-refractivity contribution is 0.0811. The van der Waals surface area contributed by atoms with E-state index < -0.39 is 5.67 Å². The molecular weight excluding hydrogens is 217 g/mol. The summed E-state index contributed by atoms with van der Waals surface area (Å²) >= 11 is 0. The van der Waals surface area contributed by atoms with Crippen molar-refractivity contribution in [2.45, 2.75) is 45.3 Å². The lowest BCUT2D eigenvalue weighted by atomic mass is 9.81. The summed E-state index contributed by atoms with van der Waals surface area (Å²) in [5, 5.41) is 7.50. The Bertz CT molecular complexity index is 353. The Morgan fingerprint density at radius 1 is 1.65 bits per heavy atom. The van der Waals surface area contributed by atoms with E-state index in [1.54, 1.807) is 13.1 Å². The molecule has 2 unspecified atom stereocenters. The van der Waals surface area contributed by atoms with Gasteiger partial charge in [-0.05, 0) is 32.7 Å². The average Bonchev–Trinajstić information content (AvgIpc) is 2.80. The maximum absolute atomic E-state index is 14.9. The summed E-state index contributed by atoms with van der Waals surface area (Å²) in [5.41, 5.74) is -0.543. The van der Waals surface area contributed by atoms with Crippen LogP contribution in [0.5, 0.6) is 0 Å². The van der Waals surface area contributed by atoms with E-state index in [4.69, 9.17) is 0 Å². The van der Waals surface area contributed by atoms with Crippen molar-refractivity contribution in [1.82, 2.24) is 15.1 Å². The number of alkyl halides is 1. The molecule has 1 aromatic rings. The van der Waals surface area contributed by atoms with Crippen molar-refractivity contribution in [3.63, 3.8) is 0 Å². The van der Waals surface area contributed by atoms with Gasteiger partial charge in [0.05, 0.1) is 6.20 Å². The van der Waals surface area contributed by atoms with E-state index in [0.717, 1.165) is 44.5 Å². The van der Waals surface area contributed by atoms with Gasteiger partial charge in [-0.3, -0.25) is 4.68 Å². The fraction of sp³-hybridized carbons (Fsp3) is 0.769. The second-order valence-corrected chi connectivity index (χ2v) is 5.11. The van der Waals surface area contributed by atoms with Crippen LogP contribution in [0.15, 0.2) is 12.4 Å². The molecule has 0 aromatic carbocycles. The fourth-order valence-electron chi connectivity index (χ4n) is 2.52. The van der Waals surface area contributed by atoms with Gasteiger partial charge in [0, 0.05) is 30.8 Å². The smallest absolute Gasteiger partial charge is 0.140 e. The summed E-state index contributed by atoms with van der Waals surface area (Å²) in [5.74, 6) is 0.0653. The summed E-state index contributed by atoms with van der Waals surface area (Å²) < 4.78 is 16.7. The first kappa shape index (κ1) is 12.6. The van der Waals surface area contributed by atoms with Crippen LogP contribution in [0, 0.1) is 5.92 Å². The number of halogens is 1. The molecule has 17 heavy (non-hydrogen) atoms. The molecule has 0 amide bonds. The van der Waals surface area contributed by atoms with E-state index >= 15 is 0 Å². The third-order valence-corrected chi connectivity index (χ3v) is 3.71. The Kier molecular flexibility index (Phi) is 3.82. The monoisotopic (exact) mass is 239 g/mol. The van der Waals surface area contributed by atoms with E-state index in [9.17, 15) is 4.39 Å². The molecule has 96 valence electrons. The lowest BCUT2D eigenvalue weighted by Crippen LogP contribution is -2.39. The first-order valence-electron chi connectivity index (χ1n) is 6.57. The van der Waals surface area contributed by atoms with Crippen molar-refractivity contribution >= 4 is 0 Å². The van der Waals surface area contributed by atoms with Gasteiger partial charge in [0.25, 0.3) is 0 Å². The SMILES string of the molecule is CCCn1cc(C(C)(F)C2CCCNC2)cn1. The molecule has 1 aliphatic rings. The zero-order valence-corrected chi connectivity index (χ0v) is 10.7. The van der Waals surface area contributed by atoms with Crippen LogP contribution in [0.3, 0.4) is 0 Å². The van der Waals surface area contributed by atoms with Crippen molar-refractivity contribution in [3.05, 3.63) is 18.0 Å². The predicted molar refractivity (Wildman–Crippen MR) is 66.6 cm³/mol. The van der Waals surface area contributed by atoms with Gasteiger partial charge in [-0.2, -0.15) is 5.10 Å². The molecule has 0 spiro atoms. The molecule has 1 aromatic heterocycles. The van der Waals surface area contributed by atoms with Gasteiger partial charge >= 0.3 is 0 Å². The summed E-state index contributed by atoms with van der Waals surface area (Å²) in [4.78, 5) is 0. The predicted octanol–water partition coefficient (Wildman–Crippen LogP) is 2.48. The lowest BCUT2D eigenvalue weighted by Gasteiger charge is -2.33. The highest BCUT2D eigenvalue weighted by Gasteiger charge is 2.37. The molecule has 3 nitrogen and oxygen atoms in total. The molecule has 1 N–H and O–H groups in total. The van der Waals surface area contributed by atoms with Crippen LogP contribution in [0.1, 0.15) is 38.7 Å². The molecule has 0 radical (unpaired) electrons. The van der Waals surface area contributed by atoms with Crippen LogP contribution in [-0.2, 0) is 12.2 Å². The van der Waals surface area contributed by atoms with Gasteiger partial charge in [-0.25, -0.2) is 4.39 Å². The average molecular weight is 239 g/mol. The molecule has 2 heterocycles. The largest absolute Gasteiger partial charge is 0.316 e. The van der Waals surface area contributed by atoms with Crippen LogP contribution in [0.4, 0.5) is 4.39 Å². The first-order valence-corrected chi connectivity index (χ1v) is 6.57. The highest BCUT2D eigenvalue weighted by molar-refractivity contribution is 5.16. The Morgan fingerprint density at radius 2 is 2.47 bits per heavy atom. The minimum absolute atomic E-state index is 0.0653. The summed E-state index contributed by atoms with van der Waals surface area (Å²) in [6, 6.07) is 0. The maximum atomic E-state index is 14.9. The Balaban J connectivity index is 2.11. The molecule has 2 atom stereocenters. The minimum atomic E-state index is -1.26. The van der Waals surface area contributed by atoms with E-state index in [1.807, 2.05) is 10.9 Å². The molecule has 0 bridgehead atoms. The van der Waals surface area contributed by atoms with Crippen molar-refractivity contribution < 1.29 is 4.39 Å². The number of aromatic nitrogens is 2. The molecule has 2 rings (SSSR count). The minimum Gasteiger partial charge on any atom is -0.316 e. The van der Waals surface area contributed by atoms with Gasteiger partial charge in [0.15, 0.2) is 0 Å². The van der Waals surface area contributed by atoms with Crippen molar-refractivity contribution in [2.24, 2.45) is 5.92 Å². The molecule has 1 fully saturated rings. The van der Waals surface area contributed by atoms with E-state index in [1.165, 1.54) is 0 Å². The fourth-order valence-corrected chi connectivity index (χ4v) is 2.52. The van der Waals surface area contributed by atoms with E-state index in [-0.39, 0.29) is 5.92 Å². The number of hydrogen-bond acceptors (Lipinski definition) is 2. The van der Waals surface area contributed by atoms with Crippen LogP contribution in [0.2, 0.25) is 0 Å².